The number of methoxy groups -OCH3 is 1. The Labute approximate surface area is 123 Å². The van der Waals surface area contributed by atoms with E-state index in [-0.39, 0.29) is 6.42 Å². The average molecular weight is 336 g/mol. The predicted octanol–water partition coefficient (Wildman–Crippen LogP) is 1.88. The first kappa shape index (κ1) is 19.0. The molecule has 3 atom stereocenters. The molecule has 1 aliphatic rings. The first-order chi connectivity index (χ1) is 9.88. The van der Waals surface area contributed by atoms with Gasteiger partial charge in [0.25, 0.3) is 0 Å². The number of ether oxygens (including phenoxy) is 3. The SMILES string of the molecule is CCC(C)C(=O)OC1(COC)COC(O)(C(F)(F)F)C1(F)F. The van der Waals surface area contributed by atoms with Gasteiger partial charge in [0.1, 0.15) is 0 Å². The summed E-state index contributed by atoms with van der Waals surface area (Å²) in [4.78, 5) is 11.7. The van der Waals surface area contributed by atoms with Crippen molar-refractivity contribution < 1.29 is 46.1 Å². The lowest BCUT2D eigenvalue weighted by molar-refractivity contribution is -0.410. The van der Waals surface area contributed by atoms with Gasteiger partial charge in [0.15, 0.2) is 0 Å². The van der Waals surface area contributed by atoms with Gasteiger partial charge in [-0.2, -0.15) is 22.0 Å². The molecule has 0 aliphatic carbocycles. The van der Waals surface area contributed by atoms with E-state index in [0.717, 1.165) is 7.11 Å². The summed E-state index contributed by atoms with van der Waals surface area (Å²) in [6.45, 7) is 0.517. The van der Waals surface area contributed by atoms with Crippen LogP contribution in [0.1, 0.15) is 20.3 Å². The molecular weight excluding hydrogens is 319 g/mol. The third kappa shape index (κ3) is 2.67. The van der Waals surface area contributed by atoms with Crippen molar-refractivity contribution in [2.24, 2.45) is 5.92 Å². The molecule has 130 valence electrons. The fourth-order valence-corrected chi connectivity index (χ4v) is 1.92. The summed E-state index contributed by atoms with van der Waals surface area (Å²) in [5.41, 5.74) is -3.06. The van der Waals surface area contributed by atoms with Crippen LogP contribution in [0, 0.1) is 5.92 Å². The Hall–Kier alpha value is -1.00. The van der Waals surface area contributed by atoms with E-state index in [0.29, 0.717) is 0 Å². The lowest BCUT2D eigenvalue weighted by Gasteiger charge is -2.37. The molecule has 1 heterocycles. The van der Waals surface area contributed by atoms with Gasteiger partial charge in [0.2, 0.25) is 5.60 Å². The van der Waals surface area contributed by atoms with Crippen LogP contribution in [0.5, 0.6) is 0 Å². The topological polar surface area (TPSA) is 65.0 Å². The highest BCUT2D eigenvalue weighted by Gasteiger charge is 2.84. The second-order valence-corrected chi connectivity index (χ2v) is 5.16. The molecule has 10 heteroatoms. The molecule has 5 nitrogen and oxygen atoms in total. The zero-order valence-corrected chi connectivity index (χ0v) is 12.2. The highest BCUT2D eigenvalue weighted by atomic mass is 19.4. The van der Waals surface area contributed by atoms with Crippen molar-refractivity contribution in [3.8, 4) is 0 Å². The Morgan fingerprint density at radius 3 is 2.32 bits per heavy atom. The highest BCUT2D eigenvalue weighted by Crippen LogP contribution is 2.54. The summed E-state index contributed by atoms with van der Waals surface area (Å²) >= 11 is 0. The van der Waals surface area contributed by atoms with E-state index in [9.17, 15) is 31.9 Å². The van der Waals surface area contributed by atoms with Crippen LogP contribution < -0.4 is 0 Å². The minimum atomic E-state index is -5.78. The summed E-state index contributed by atoms with van der Waals surface area (Å²) in [5, 5.41) is 9.28. The molecule has 0 aromatic carbocycles. The standard InChI is InChI=1S/C12H17F5O5/c1-4-7(2)8(18)22-9(5-20-3)6-21-11(19,10(9,13)14)12(15,16)17/h7,19H,4-6H2,1-3H3. The van der Waals surface area contributed by atoms with Crippen molar-refractivity contribution in [3.63, 3.8) is 0 Å². The molecule has 0 bridgehead atoms. The Kier molecular flexibility index (Phi) is 5.10. The van der Waals surface area contributed by atoms with Crippen LogP contribution in [0.3, 0.4) is 0 Å². The van der Waals surface area contributed by atoms with Gasteiger partial charge in [-0.3, -0.25) is 4.79 Å². The smallest absolute Gasteiger partial charge is 0.447 e. The van der Waals surface area contributed by atoms with E-state index in [1.165, 1.54) is 6.92 Å². The molecule has 0 aromatic heterocycles. The van der Waals surface area contributed by atoms with Gasteiger partial charge < -0.3 is 19.3 Å². The number of aliphatic hydroxyl groups is 1. The molecule has 1 fully saturated rings. The third-order valence-corrected chi connectivity index (χ3v) is 3.58. The second-order valence-electron chi connectivity index (χ2n) is 5.16. The van der Waals surface area contributed by atoms with Crippen LogP contribution in [-0.2, 0) is 19.0 Å². The van der Waals surface area contributed by atoms with Crippen LogP contribution in [-0.4, -0.2) is 54.9 Å². The minimum Gasteiger partial charge on any atom is -0.447 e. The zero-order valence-electron chi connectivity index (χ0n) is 12.2. The number of carbonyl (C=O) groups is 1. The van der Waals surface area contributed by atoms with Gasteiger partial charge in [-0.15, -0.1) is 0 Å². The quantitative estimate of drug-likeness (QED) is 0.613. The number of halogens is 5. The monoisotopic (exact) mass is 336 g/mol. The van der Waals surface area contributed by atoms with Crippen molar-refractivity contribution in [3.05, 3.63) is 0 Å². The molecule has 0 amide bonds. The maximum absolute atomic E-state index is 14.3. The number of hydrogen-bond donors (Lipinski definition) is 1. The molecule has 0 spiro atoms. The van der Waals surface area contributed by atoms with Gasteiger partial charge in [-0.05, 0) is 6.42 Å². The lowest BCUT2D eigenvalue weighted by atomic mass is 9.92. The summed E-state index contributed by atoms with van der Waals surface area (Å²) in [6, 6.07) is 0. The van der Waals surface area contributed by atoms with E-state index >= 15 is 0 Å². The lowest BCUT2D eigenvalue weighted by Crippen LogP contribution is -2.65. The molecule has 22 heavy (non-hydrogen) atoms. The van der Waals surface area contributed by atoms with Crippen LogP contribution in [0.15, 0.2) is 0 Å². The molecule has 1 rings (SSSR count). The molecule has 0 aromatic rings. The van der Waals surface area contributed by atoms with Gasteiger partial charge in [-0.1, -0.05) is 13.8 Å². The number of rotatable bonds is 5. The number of alkyl halides is 5. The Bertz CT molecular complexity index is 427. The predicted molar refractivity (Wildman–Crippen MR) is 62.1 cm³/mol. The molecule has 3 unspecified atom stereocenters. The first-order valence-electron chi connectivity index (χ1n) is 6.41. The summed E-state index contributed by atoms with van der Waals surface area (Å²) < 4.78 is 79.8. The van der Waals surface area contributed by atoms with E-state index in [4.69, 9.17) is 0 Å². The molecule has 0 radical (unpaired) electrons. The molecule has 0 saturated carbocycles. The van der Waals surface area contributed by atoms with Crippen molar-refractivity contribution in [1.29, 1.82) is 0 Å². The summed E-state index contributed by atoms with van der Waals surface area (Å²) in [7, 11) is 0.944. The van der Waals surface area contributed by atoms with Gasteiger partial charge in [-0.25, -0.2) is 0 Å². The summed E-state index contributed by atoms with van der Waals surface area (Å²) in [5.74, 6) is -11.6. The fraction of sp³-hybridized carbons (Fsp3) is 0.917. The van der Waals surface area contributed by atoms with Gasteiger partial charge >= 0.3 is 23.9 Å². The van der Waals surface area contributed by atoms with Gasteiger partial charge in [0.05, 0.1) is 19.1 Å². The maximum atomic E-state index is 14.3. The zero-order chi connectivity index (χ0) is 17.4. The summed E-state index contributed by atoms with van der Waals surface area (Å²) in [6.07, 6.45) is -5.55. The molecular formula is C12H17F5O5. The Morgan fingerprint density at radius 2 is 1.95 bits per heavy atom. The Morgan fingerprint density at radius 1 is 1.41 bits per heavy atom. The largest absolute Gasteiger partial charge is 0.449 e. The molecule has 1 aliphatic heterocycles. The van der Waals surface area contributed by atoms with Crippen LogP contribution >= 0.6 is 0 Å². The second kappa shape index (κ2) is 5.89. The fourth-order valence-electron chi connectivity index (χ4n) is 1.92. The van der Waals surface area contributed by atoms with Crippen LogP contribution in [0.25, 0.3) is 0 Å². The molecule has 1 N–H and O–H groups in total. The number of esters is 1. The maximum Gasteiger partial charge on any atom is 0.449 e. The van der Waals surface area contributed by atoms with Crippen LogP contribution in [0.2, 0.25) is 0 Å². The average Bonchev–Trinajstić information content (AvgIpc) is 2.60. The van der Waals surface area contributed by atoms with Crippen LogP contribution in [0.4, 0.5) is 22.0 Å². The highest BCUT2D eigenvalue weighted by molar-refractivity contribution is 5.72. The van der Waals surface area contributed by atoms with E-state index in [2.05, 4.69) is 14.2 Å². The van der Waals surface area contributed by atoms with E-state index < -0.39 is 48.6 Å². The van der Waals surface area contributed by atoms with Crippen molar-refractivity contribution >= 4 is 5.97 Å². The normalized spacial score (nSPS) is 32.8. The van der Waals surface area contributed by atoms with Crippen molar-refractivity contribution in [1.82, 2.24) is 0 Å². The number of hydrogen-bond acceptors (Lipinski definition) is 5. The van der Waals surface area contributed by atoms with Gasteiger partial charge in [0, 0.05) is 7.11 Å². The van der Waals surface area contributed by atoms with Crippen molar-refractivity contribution in [2.75, 3.05) is 20.3 Å². The van der Waals surface area contributed by atoms with E-state index in [1.54, 1.807) is 6.92 Å². The van der Waals surface area contributed by atoms with E-state index in [1.807, 2.05) is 0 Å². The number of carbonyl (C=O) groups excluding carboxylic acids is 1. The van der Waals surface area contributed by atoms with Crippen molar-refractivity contribution in [2.45, 2.75) is 43.8 Å². The minimum absolute atomic E-state index is 0.234. The first-order valence-corrected chi connectivity index (χ1v) is 6.41. The molecule has 1 saturated heterocycles. The Balaban J connectivity index is 3.23. The third-order valence-electron chi connectivity index (χ3n) is 3.58.